The van der Waals surface area contributed by atoms with E-state index in [2.05, 4.69) is 9.97 Å². The second kappa shape index (κ2) is 12.4. The molecule has 0 saturated carbocycles. The highest BCUT2D eigenvalue weighted by Crippen LogP contribution is 1.69. The summed E-state index contributed by atoms with van der Waals surface area (Å²) in [7, 11) is -3.92. The van der Waals surface area contributed by atoms with Crippen LogP contribution in [0.4, 0.5) is 0 Å². The van der Waals surface area contributed by atoms with E-state index in [0.717, 1.165) is 0 Å². The SMILES string of the molecule is CS(=O)(=O)[O-].[I-].c1cc[nH+]cc1.c1cc[nH+]cc1. The number of H-pyrrole nitrogens is 2. The Hall–Kier alpha value is -1.06. The predicted molar refractivity (Wildman–Crippen MR) is 61.6 cm³/mol. The van der Waals surface area contributed by atoms with Crippen LogP contribution in [0.3, 0.4) is 0 Å². The molecule has 0 saturated heterocycles. The third-order valence-electron chi connectivity index (χ3n) is 1.21. The normalized spacial score (nSPS) is 8.56. The van der Waals surface area contributed by atoms with Crippen molar-refractivity contribution in [3.8, 4) is 0 Å². The monoisotopic (exact) mass is 382 g/mol. The molecule has 0 amide bonds. The minimum atomic E-state index is -3.92. The molecule has 2 N–H and O–H groups in total. The largest absolute Gasteiger partial charge is 1.00 e. The predicted octanol–water partition coefficient (Wildman–Crippen LogP) is -2.83. The summed E-state index contributed by atoms with van der Waals surface area (Å²) in [5.41, 5.74) is 0. The molecule has 0 aliphatic rings. The lowest BCUT2D eigenvalue weighted by Gasteiger charge is -1.90. The van der Waals surface area contributed by atoms with Crippen LogP contribution in [0, 0.1) is 0 Å². The first-order chi connectivity index (χ1) is 8.00. The molecule has 0 unspecified atom stereocenters. The van der Waals surface area contributed by atoms with Crippen molar-refractivity contribution >= 4 is 10.1 Å². The van der Waals surface area contributed by atoms with E-state index in [1.807, 2.05) is 61.2 Å². The van der Waals surface area contributed by atoms with E-state index in [9.17, 15) is 0 Å². The van der Waals surface area contributed by atoms with E-state index in [1.54, 1.807) is 0 Å². The summed E-state index contributed by atoms with van der Waals surface area (Å²) in [5.74, 6) is 0. The topological polar surface area (TPSA) is 85.5 Å². The van der Waals surface area contributed by atoms with E-state index < -0.39 is 10.1 Å². The van der Waals surface area contributed by atoms with Crippen LogP contribution in [0.1, 0.15) is 0 Å². The Balaban J connectivity index is 0. The molecular weight excluding hydrogens is 367 g/mol. The zero-order chi connectivity index (χ0) is 13.0. The van der Waals surface area contributed by atoms with Gasteiger partial charge < -0.3 is 28.5 Å². The lowest BCUT2D eigenvalue weighted by atomic mass is 10.5. The van der Waals surface area contributed by atoms with Gasteiger partial charge in [0.1, 0.15) is 0 Å². The van der Waals surface area contributed by atoms with Crippen molar-refractivity contribution in [1.82, 2.24) is 0 Å². The number of halogens is 1. The lowest BCUT2D eigenvalue weighted by molar-refractivity contribution is -0.378. The Morgan fingerprint density at radius 2 is 1.00 bits per heavy atom. The maximum Gasteiger partial charge on any atom is 0.166 e. The Bertz CT molecular complexity index is 373. The van der Waals surface area contributed by atoms with Crippen molar-refractivity contribution in [3.63, 3.8) is 0 Å². The molecule has 0 fully saturated rings. The van der Waals surface area contributed by atoms with Crippen LogP contribution in [0.15, 0.2) is 61.2 Å². The molecule has 2 aromatic heterocycles. The first kappa shape index (κ1) is 19.3. The smallest absolute Gasteiger partial charge is 0.166 e. The van der Waals surface area contributed by atoms with Gasteiger partial charge in [-0.1, -0.05) is 12.1 Å². The van der Waals surface area contributed by atoms with Gasteiger partial charge in [-0.25, -0.2) is 18.4 Å². The van der Waals surface area contributed by atoms with Crippen LogP contribution >= 0.6 is 0 Å². The fourth-order valence-electron chi connectivity index (χ4n) is 0.684. The zero-order valence-corrected chi connectivity index (χ0v) is 12.8. The van der Waals surface area contributed by atoms with Gasteiger partial charge in [0.05, 0.1) is 10.1 Å². The van der Waals surface area contributed by atoms with Crippen molar-refractivity contribution in [2.45, 2.75) is 0 Å². The number of aromatic amines is 2. The Morgan fingerprint density at radius 3 is 1.06 bits per heavy atom. The van der Waals surface area contributed by atoms with E-state index in [0.29, 0.717) is 6.26 Å². The zero-order valence-electron chi connectivity index (χ0n) is 9.78. The first-order valence-electron chi connectivity index (χ1n) is 4.73. The second-order valence-corrected chi connectivity index (χ2v) is 4.27. The number of hydrogen-bond donors (Lipinski definition) is 0. The van der Waals surface area contributed by atoms with Gasteiger partial charge in [0, 0.05) is 30.5 Å². The van der Waals surface area contributed by atoms with Crippen molar-refractivity contribution in [2.24, 2.45) is 0 Å². The molecule has 0 radical (unpaired) electrons. The quantitative estimate of drug-likeness (QED) is 0.364. The third-order valence-corrected chi connectivity index (χ3v) is 1.21. The molecule has 2 heterocycles. The second-order valence-electron chi connectivity index (χ2n) is 2.86. The third kappa shape index (κ3) is 24.3. The van der Waals surface area contributed by atoms with Crippen LogP contribution in [0.25, 0.3) is 0 Å². The Labute approximate surface area is 124 Å². The van der Waals surface area contributed by atoms with Gasteiger partial charge in [-0.05, 0) is 0 Å². The minimum Gasteiger partial charge on any atom is -1.00 e. The Morgan fingerprint density at radius 1 is 0.778 bits per heavy atom. The number of rotatable bonds is 0. The maximum absolute atomic E-state index is 9.08. The van der Waals surface area contributed by atoms with Crippen molar-refractivity contribution < 1.29 is 46.9 Å². The Kier molecular flexibility index (Phi) is 13.3. The lowest BCUT2D eigenvalue weighted by Crippen LogP contribution is -3.00. The molecular formula is C11H15IN2O3S. The molecule has 0 aliphatic carbocycles. The highest BCUT2D eigenvalue weighted by atomic mass is 127. The van der Waals surface area contributed by atoms with E-state index in [-0.39, 0.29) is 24.0 Å². The summed E-state index contributed by atoms with van der Waals surface area (Å²) in [4.78, 5) is 5.78. The summed E-state index contributed by atoms with van der Waals surface area (Å²) in [6.07, 6.45) is 8.10. The molecule has 18 heavy (non-hydrogen) atoms. The highest BCUT2D eigenvalue weighted by molar-refractivity contribution is 7.84. The molecule has 100 valence electrons. The molecule has 2 rings (SSSR count). The summed E-state index contributed by atoms with van der Waals surface area (Å²) in [6, 6.07) is 11.7. The van der Waals surface area contributed by atoms with Crippen molar-refractivity contribution in [2.75, 3.05) is 6.26 Å². The molecule has 5 nitrogen and oxygen atoms in total. The van der Waals surface area contributed by atoms with Gasteiger partial charge >= 0.3 is 0 Å². The molecule has 2 aromatic rings. The van der Waals surface area contributed by atoms with E-state index >= 15 is 0 Å². The molecule has 0 atom stereocenters. The molecule has 0 bridgehead atoms. The number of aromatic nitrogens is 2. The summed E-state index contributed by atoms with van der Waals surface area (Å²) >= 11 is 0. The molecule has 0 spiro atoms. The van der Waals surface area contributed by atoms with Crippen molar-refractivity contribution in [3.05, 3.63) is 61.2 Å². The van der Waals surface area contributed by atoms with Crippen LogP contribution in [0.5, 0.6) is 0 Å². The van der Waals surface area contributed by atoms with Gasteiger partial charge in [0.25, 0.3) is 0 Å². The number of nitrogens with one attached hydrogen (secondary N) is 2. The minimum absolute atomic E-state index is 0. The molecule has 7 heteroatoms. The fourth-order valence-corrected chi connectivity index (χ4v) is 0.684. The number of hydrogen-bond acceptors (Lipinski definition) is 3. The van der Waals surface area contributed by atoms with Gasteiger partial charge in [0.2, 0.25) is 0 Å². The van der Waals surface area contributed by atoms with E-state index in [1.165, 1.54) is 0 Å². The van der Waals surface area contributed by atoms with Crippen LogP contribution in [0.2, 0.25) is 0 Å². The van der Waals surface area contributed by atoms with Crippen LogP contribution in [-0.4, -0.2) is 19.2 Å². The summed E-state index contributed by atoms with van der Waals surface area (Å²) < 4.78 is 27.2. The fraction of sp³-hybridized carbons (Fsp3) is 0.0909. The standard InChI is InChI=1S/2C5H5N.CH4O3S.HI/c2*1-2-4-6-5-3-1;1-5(2,3)4;/h2*1-5H;1H3,(H,2,3,4);1H. The maximum atomic E-state index is 9.08. The van der Waals surface area contributed by atoms with E-state index in [4.69, 9.17) is 13.0 Å². The molecule has 0 aliphatic heterocycles. The van der Waals surface area contributed by atoms with Crippen molar-refractivity contribution in [1.29, 1.82) is 0 Å². The van der Waals surface area contributed by atoms with Gasteiger partial charge in [0.15, 0.2) is 24.8 Å². The average molecular weight is 382 g/mol. The van der Waals surface area contributed by atoms with Gasteiger partial charge in [-0.2, -0.15) is 0 Å². The average Bonchev–Trinajstić information content (AvgIpc) is 2.32. The summed E-state index contributed by atoms with van der Waals surface area (Å²) in [5, 5.41) is 0. The van der Waals surface area contributed by atoms with Gasteiger partial charge in [-0.15, -0.1) is 0 Å². The van der Waals surface area contributed by atoms with Crippen LogP contribution in [-0.2, 0) is 10.1 Å². The van der Waals surface area contributed by atoms with Gasteiger partial charge in [-0.3, -0.25) is 0 Å². The highest BCUT2D eigenvalue weighted by Gasteiger charge is 1.66. The summed E-state index contributed by atoms with van der Waals surface area (Å²) in [6.45, 7) is 0. The first-order valence-corrected chi connectivity index (χ1v) is 6.55. The molecule has 0 aromatic carbocycles. The van der Waals surface area contributed by atoms with Crippen LogP contribution < -0.4 is 33.9 Å². The number of pyridine rings is 2.